The molecule has 2 rings (SSSR count). The SMILES string of the molecule is BrCc1cn2c(I)cccc2n1. The van der Waals surface area contributed by atoms with Gasteiger partial charge < -0.3 is 0 Å². The maximum Gasteiger partial charge on any atom is 0.137 e. The van der Waals surface area contributed by atoms with Crippen molar-refractivity contribution in [2.45, 2.75) is 5.33 Å². The molecule has 0 N–H and O–H groups in total. The van der Waals surface area contributed by atoms with Crippen molar-refractivity contribution in [1.82, 2.24) is 9.38 Å². The van der Waals surface area contributed by atoms with E-state index in [4.69, 9.17) is 0 Å². The molecule has 0 atom stereocenters. The molecule has 0 unspecified atom stereocenters. The summed E-state index contributed by atoms with van der Waals surface area (Å²) >= 11 is 5.68. The van der Waals surface area contributed by atoms with E-state index in [2.05, 4.69) is 54.0 Å². The smallest absolute Gasteiger partial charge is 0.137 e. The van der Waals surface area contributed by atoms with Crippen LogP contribution in [-0.2, 0) is 5.33 Å². The summed E-state index contributed by atoms with van der Waals surface area (Å²) in [6.45, 7) is 0. The molecular formula is C8H6BrIN2. The number of nitrogens with zero attached hydrogens (tertiary/aromatic N) is 2. The third kappa shape index (κ3) is 1.37. The number of pyridine rings is 1. The van der Waals surface area contributed by atoms with E-state index in [1.165, 1.54) is 3.70 Å². The van der Waals surface area contributed by atoms with Gasteiger partial charge >= 0.3 is 0 Å². The Bertz CT molecular complexity index is 410. The minimum Gasteiger partial charge on any atom is -0.294 e. The first-order chi connectivity index (χ1) is 5.81. The third-order valence-corrected chi connectivity index (χ3v) is 3.08. The Hall–Kier alpha value is -0.100. The highest BCUT2D eigenvalue weighted by molar-refractivity contribution is 14.1. The average molecular weight is 337 g/mol. The van der Waals surface area contributed by atoms with E-state index in [-0.39, 0.29) is 0 Å². The number of halogens is 2. The molecule has 0 saturated heterocycles. The molecule has 0 saturated carbocycles. The van der Waals surface area contributed by atoms with Crippen molar-refractivity contribution in [2.75, 3.05) is 0 Å². The minimum atomic E-state index is 0.810. The lowest BCUT2D eigenvalue weighted by molar-refractivity contribution is 1.14. The summed E-state index contributed by atoms with van der Waals surface area (Å²) < 4.78 is 3.27. The van der Waals surface area contributed by atoms with Crippen LogP contribution in [-0.4, -0.2) is 9.38 Å². The van der Waals surface area contributed by atoms with Crippen molar-refractivity contribution in [3.05, 3.63) is 33.8 Å². The Morgan fingerprint density at radius 1 is 1.50 bits per heavy atom. The zero-order valence-electron chi connectivity index (χ0n) is 6.17. The largest absolute Gasteiger partial charge is 0.294 e. The summed E-state index contributed by atoms with van der Waals surface area (Å²) in [5, 5.41) is 0.810. The first-order valence-electron chi connectivity index (χ1n) is 3.50. The van der Waals surface area contributed by atoms with Crippen molar-refractivity contribution in [3.63, 3.8) is 0 Å². The highest BCUT2D eigenvalue weighted by atomic mass is 127. The highest BCUT2D eigenvalue weighted by Crippen LogP contribution is 2.12. The Kier molecular flexibility index (Phi) is 2.36. The van der Waals surface area contributed by atoms with Gasteiger partial charge in [0.15, 0.2) is 0 Å². The number of imidazole rings is 1. The van der Waals surface area contributed by atoms with Gasteiger partial charge in [-0.25, -0.2) is 4.98 Å². The summed E-state index contributed by atoms with van der Waals surface area (Å²) in [6.07, 6.45) is 2.05. The van der Waals surface area contributed by atoms with Crippen LogP contribution in [0.5, 0.6) is 0 Å². The molecule has 0 spiro atoms. The normalized spacial score (nSPS) is 10.8. The van der Waals surface area contributed by atoms with Crippen LogP contribution in [0.3, 0.4) is 0 Å². The van der Waals surface area contributed by atoms with Gasteiger partial charge in [0, 0.05) is 11.5 Å². The third-order valence-electron chi connectivity index (χ3n) is 1.63. The predicted molar refractivity (Wildman–Crippen MR) is 60.5 cm³/mol. The van der Waals surface area contributed by atoms with Gasteiger partial charge in [0.05, 0.1) is 9.39 Å². The molecule has 0 bridgehead atoms. The molecule has 2 aromatic heterocycles. The zero-order valence-corrected chi connectivity index (χ0v) is 9.91. The van der Waals surface area contributed by atoms with Crippen LogP contribution in [0.4, 0.5) is 0 Å². The van der Waals surface area contributed by atoms with Crippen LogP contribution in [0.25, 0.3) is 5.65 Å². The summed E-state index contributed by atoms with van der Waals surface area (Å²) in [6, 6.07) is 6.09. The standard InChI is InChI=1S/C8H6BrIN2/c9-4-6-5-12-7(10)2-1-3-8(12)11-6/h1-3,5H,4H2. The number of fused-ring (bicyclic) bond motifs is 1. The maximum atomic E-state index is 4.40. The summed E-state index contributed by atoms with van der Waals surface area (Å²) in [7, 11) is 0. The molecule has 2 heterocycles. The molecule has 0 radical (unpaired) electrons. The fraction of sp³-hybridized carbons (Fsp3) is 0.125. The van der Waals surface area contributed by atoms with Gasteiger partial charge in [-0.15, -0.1) is 0 Å². The molecular weight excluding hydrogens is 331 g/mol. The van der Waals surface area contributed by atoms with E-state index in [1.54, 1.807) is 0 Å². The average Bonchev–Trinajstić information content (AvgIpc) is 2.49. The predicted octanol–water partition coefficient (Wildman–Crippen LogP) is 2.83. The first-order valence-corrected chi connectivity index (χ1v) is 5.70. The first kappa shape index (κ1) is 8.50. The Morgan fingerprint density at radius 3 is 3.00 bits per heavy atom. The van der Waals surface area contributed by atoms with Crippen LogP contribution >= 0.6 is 38.5 Å². The highest BCUT2D eigenvalue weighted by Gasteiger charge is 2.00. The molecule has 62 valence electrons. The van der Waals surface area contributed by atoms with E-state index in [1.807, 2.05) is 18.3 Å². The summed E-state index contributed by atoms with van der Waals surface area (Å²) in [5.74, 6) is 0. The monoisotopic (exact) mass is 336 g/mol. The van der Waals surface area contributed by atoms with Crippen molar-refractivity contribution in [1.29, 1.82) is 0 Å². The Morgan fingerprint density at radius 2 is 2.33 bits per heavy atom. The molecule has 0 aliphatic rings. The van der Waals surface area contributed by atoms with Gasteiger partial charge in [0.2, 0.25) is 0 Å². The van der Waals surface area contributed by atoms with Crippen LogP contribution in [0.2, 0.25) is 0 Å². The molecule has 0 aliphatic carbocycles. The lowest BCUT2D eigenvalue weighted by Crippen LogP contribution is -1.86. The Balaban J connectivity index is 2.74. The van der Waals surface area contributed by atoms with Gasteiger partial charge in [-0.3, -0.25) is 4.40 Å². The van der Waals surface area contributed by atoms with Crippen LogP contribution in [0, 0.1) is 3.70 Å². The van der Waals surface area contributed by atoms with Gasteiger partial charge in [0.1, 0.15) is 5.65 Å². The Labute approximate surface area is 92.3 Å². The topological polar surface area (TPSA) is 17.3 Å². The molecule has 0 aliphatic heterocycles. The van der Waals surface area contributed by atoms with E-state index in [0.717, 1.165) is 16.7 Å². The summed E-state index contributed by atoms with van der Waals surface area (Å²) in [4.78, 5) is 4.40. The molecule has 12 heavy (non-hydrogen) atoms. The van der Waals surface area contributed by atoms with E-state index < -0.39 is 0 Å². The van der Waals surface area contributed by atoms with Gasteiger partial charge in [-0.1, -0.05) is 22.0 Å². The van der Waals surface area contributed by atoms with E-state index >= 15 is 0 Å². The van der Waals surface area contributed by atoms with E-state index in [9.17, 15) is 0 Å². The van der Waals surface area contributed by atoms with Gasteiger partial charge in [-0.2, -0.15) is 0 Å². The quantitative estimate of drug-likeness (QED) is 0.444. The van der Waals surface area contributed by atoms with Crippen LogP contribution in [0.1, 0.15) is 5.69 Å². The lowest BCUT2D eigenvalue weighted by atomic mass is 10.5. The van der Waals surface area contributed by atoms with Gasteiger partial charge in [-0.05, 0) is 34.7 Å². The van der Waals surface area contributed by atoms with Crippen molar-refractivity contribution < 1.29 is 0 Å². The number of rotatable bonds is 1. The zero-order chi connectivity index (χ0) is 8.55. The van der Waals surface area contributed by atoms with Gasteiger partial charge in [0.25, 0.3) is 0 Å². The van der Waals surface area contributed by atoms with Crippen LogP contribution in [0.15, 0.2) is 24.4 Å². The molecule has 4 heteroatoms. The minimum absolute atomic E-state index is 0.810. The van der Waals surface area contributed by atoms with Crippen molar-refractivity contribution >= 4 is 44.2 Å². The maximum absolute atomic E-state index is 4.40. The second-order valence-electron chi connectivity index (χ2n) is 2.44. The number of hydrogen-bond acceptors (Lipinski definition) is 1. The van der Waals surface area contributed by atoms with Crippen molar-refractivity contribution in [2.24, 2.45) is 0 Å². The lowest BCUT2D eigenvalue weighted by Gasteiger charge is -1.93. The molecule has 2 nitrogen and oxygen atoms in total. The number of aromatic nitrogens is 2. The molecule has 0 aromatic carbocycles. The fourth-order valence-corrected chi connectivity index (χ4v) is 1.96. The molecule has 0 fully saturated rings. The van der Waals surface area contributed by atoms with Crippen LogP contribution < -0.4 is 0 Å². The molecule has 0 amide bonds. The van der Waals surface area contributed by atoms with Crippen molar-refractivity contribution in [3.8, 4) is 0 Å². The number of alkyl halides is 1. The van der Waals surface area contributed by atoms with E-state index in [0.29, 0.717) is 0 Å². The second kappa shape index (κ2) is 3.33. The fourth-order valence-electron chi connectivity index (χ4n) is 1.09. The second-order valence-corrected chi connectivity index (χ2v) is 4.11. The summed E-state index contributed by atoms with van der Waals surface area (Å²) in [5.41, 5.74) is 2.08. The molecule has 2 aromatic rings. The number of hydrogen-bond donors (Lipinski definition) is 0.